The van der Waals surface area contributed by atoms with Gasteiger partial charge in [-0.3, -0.25) is 0 Å². The molecule has 5 rings (SSSR count). The van der Waals surface area contributed by atoms with E-state index in [4.69, 9.17) is 0 Å². The first-order valence-electron chi connectivity index (χ1n) is 11.2. The van der Waals surface area contributed by atoms with Crippen molar-refractivity contribution in [2.24, 2.45) is 0 Å². The highest BCUT2D eigenvalue weighted by molar-refractivity contribution is 5.79. The Hall–Kier alpha value is -3.18. The summed E-state index contributed by atoms with van der Waals surface area (Å²) >= 11 is 0. The minimum atomic E-state index is 0. The summed E-state index contributed by atoms with van der Waals surface area (Å²) in [6.45, 7) is 3.93. The first-order valence-corrected chi connectivity index (χ1v) is 11.2. The van der Waals surface area contributed by atoms with Crippen LogP contribution in [0, 0.1) is 0 Å². The summed E-state index contributed by atoms with van der Waals surface area (Å²) < 4.78 is 4.96. The van der Waals surface area contributed by atoms with Crippen LogP contribution < -0.4 is 28.5 Å². The van der Waals surface area contributed by atoms with Crippen LogP contribution in [0.25, 0.3) is 33.9 Å². The van der Waals surface area contributed by atoms with Crippen molar-refractivity contribution < 1.29 is 28.5 Å². The van der Waals surface area contributed by atoms with Gasteiger partial charge >= 0.3 is 0 Å². The molecule has 0 saturated heterocycles. The fraction of sp³-hybridized carbons (Fsp3) is 0.100. The van der Waals surface area contributed by atoms with Crippen LogP contribution in [-0.2, 0) is 13.1 Å². The van der Waals surface area contributed by atoms with Gasteiger partial charge in [0.2, 0.25) is 0 Å². The van der Waals surface area contributed by atoms with Crippen molar-refractivity contribution in [3.8, 4) is 33.9 Å². The molecule has 0 fully saturated rings. The predicted octanol–water partition coefficient (Wildman–Crippen LogP) is 3.85. The maximum atomic E-state index is 2.49. The second-order valence-electron chi connectivity index (χ2n) is 7.93. The van der Waals surface area contributed by atoms with E-state index in [1.54, 1.807) is 0 Å². The first kappa shape index (κ1) is 23.0. The van der Waals surface area contributed by atoms with Crippen LogP contribution in [0.1, 0.15) is 12.5 Å². The second kappa shape index (κ2) is 10.6. The van der Waals surface area contributed by atoms with Gasteiger partial charge in [0, 0.05) is 11.1 Å². The van der Waals surface area contributed by atoms with Crippen molar-refractivity contribution in [3.63, 3.8) is 0 Å². The molecular weight excluding hydrogens is 515 g/mol. The highest BCUT2D eigenvalue weighted by Crippen LogP contribution is 2.35. The fourth-order valence-corrected chi connectivity index (χ4v) is 4.52. The molecule has 0 aliphatic heterocycles. The van der Waals surface area contributed by atoms with E-state index in [9.17, 15) is 0 Å². The SMILES string of the molecule is CCn1c(-c2ccccc2)c(-c2ccccc2)[n+](Cc2ccccc2)c1-c1ccccc1.[I-]. The lowest BCUT2D eigenvalue weighted by molar-refractivity contribution is -0.666. The molecule has 0 N–H and O–H groups in total. The minimum Gasteiger partial charge on any atom is -1.00 e. The van der Waals surface area contributed by atoms with Gasteiger partial charge in [0.25, 0.3) is 5.82 Å². The van der Waals surface area contributed by atoms with E-state index in [-0.39, 0.29) is 24.0 Å². The van der Waals surface area contributed by atoms with Gasteiger partial charge in [0.15, 0.2) is 11.4 Å². The minimum absolute atomic E-state index is 0. The van der Waals surface area contributed by atoms with Gasteiger partial charge in [0.1, 0.15) is 6.54 Å². The Kier molecular flexibility index (Phi) is 7.40. The van der Waals surface area contributed by atoms with Crippen molar-refractivity contribution >= 4 is 0 Å². The van der Waals surface area contributed by atoms with E-state index in [1.807, 2.05) is 0 Å². The summed E-state index contributed by atoms with van der Waals surface area (Å²) in [5, 5.41) is 0. The fourth-order valence-electron chi connectivity index (χ4n) is 4.52. The zero-order valence-corrected chi connectivity index (χ0v) is 20.9. The molecule has 164 valence electrons. The van der Waals surface area contributed by atoms with E-state index in [0.717, 1.165) is 13.1 Å². The number of benzene rings is 4. The molecule has 0 unspecified atom stereocenters. The third-order valence-electron chi connectivity index (χ3n) is 5.90. The van der Waals surface area contributed by atoms with Gasteiger partial charge in [-0.05, 0) is 24.6 Å². The van der Waals surface area contributed by atoms with Crippen molar-refractivity contribution in [2.75, 3.05) is 0 Å². The molecule has 3 heteroatoms. The second-order valence-corrected chi connectivity index (χ2v) is 7.93. The molecule has 2 nitrogen and oxygen atoms in total. The van der Waals surface area contributed by atoms with Crippen LogP contribution in [0.5, 0.6) is 0 Å². The van der Waals surface area contributed by atoms with Crippen LogP contribution in [0.2, 0.25) is 0 Å². The number of nitrogens with zero attached hydrogens (tertiary/aromatic N) is 2. The van der Waals surface area contributed by atoms with E-state index in [2.05, 4.69) is 137 Å². The lowest BCUT2D eigenvalue weighted by Crippen LogP contribution is -3.00. The lowest BCUT2D eigenvalue weighted by atomic mass is 10.0. The van der Waals surface area contributed by atoms with Crippen LogP contribution in [0.15, 0.2) is 121 Å². The zero-order valence-electron chi connectivity index (χ0n) is 18.7. The first-order chi connectivity index (χ1) is 15.9. The highest BCUT2D eigenvalue weighted by Gasteiger charge is 2.32. The van der Waals surface area contributed by atoms with Gasteiger partial charge < -0.3 is 24.0 Å². The molecule has 0 radical (unpaired) electrons. The predicted molar refractivity (Wildman–Crippen MR) is 132 cm³/mol. The summed E-state index contributed by atoms with van der Waals surface area (Å²) in [6.07, 6.45) is 0. The molecule has 4 aromatic carbocycles. The molecule has 0 atom stereocenters. The third kappa shape index (κ3) is 4.64. The Labute approximate surface area is 213 Å². The Morgan fingerprint density at radius 1 is 0.576 bits per heavy atom. The smallest absolute Gasteiger partial charge is 0.290 e. The van der Waals surface area contributed by atoms with Gasteiger partial charge in [-0.15, -0.1) is 0 Å². The Morgan fingerprint density at radius 2 is 1.03 bits per heavy atom. The number of imidazole rings is 1. The maximum Gasteiger partial charge on any atom is 0.290 e. The van der Waals surface area contributed by atoms with Crippen molar-refractivity contribution in [2.45, 2.75) is 20.0 Å². The summed E-state index contributed by atoms with van der Waals surface area (Å²) in [5.41, 5.74) is 7.49. The Balaban J connectivity index is 0.00000259. The van der Waals surface area contributed by atoms with Gasteiger partial charge in [-0.25, -0.2) is 9.13 Å². The molecule has 0 amide bonds. The number of halogens is 1. The number of rotatable bonds is 6. The van der Waals surface area contributed by atoms with E-state index >= 15 is 0 Å². The molecule has 1 aromatic heterocycles. The van der Waals surface area contributed by atoms with Gasteiger partial charge in [-0.2, -0.15) is 0 Å². The van der Waals surface area contributed by atoms with E-state index in [0.29, 0.717) is 0 Å². The summed E-state index contributed by atoms with van der Waals surface area (Å²) in [7, 11) is 0. The summed E-state index contributed by atoms with van der Waals surface area (Å²) in [6, 6.07) is 43.1. The number of hydrogen-bond acceptors (Lipinski definition) is 0. The molecule has 0 aliphatic rings. The number of hydrogen-bond donors (Lipinski definition) is 0. The average molecular weight is 542 g/mol. The molecule has 33 heavy (non-hydrogen) atoms. The Morgan fingerprint density at radius 3 is 1.55 bits per heavy atom. The van der Waals surface area contributed by atoms with E-state index < -0.39 is 0 Å². The molecule has 0 saturated carbocycles. The van der Waals surface area contributed by atoms with Crippen LogP contribution in [0.4, 0.5) is 0 Å². The molecule has 0 spiro atoms. The van der Waals surface area contributed by atoms with Crippen LogP contribution in [0.3, 0.4) is 0 Å². The lowest BCUT2D eigenvalue weighted by Gasteiger charge is -2.07. The van der Waals surface area contributed by atoms with Gasteiger partial charge in [-0.1, -0.05) is 109 Å². The Bertz CT molecular complexity index is 1300. The molecule has 0 bridgehead atoms. The monoisotopic (exact) mass is 542 g/mol. The normalized spacial score (nSPS) is 10.6. The van der Waals surface area contributed by atoms with Crippen molar-refractivity contribution in [1.82, 2.24) is 4.57 Å². The topological polar surface area (TPSA) is 8.81 Å². The standard InChI is InChI=1S/C30H27N2.HI/c1-2-31-28(25-17-9-4-10-18-25)29(26-19-11-5-12-20-26)32(23-24-15-7-3-8-16-24)30(31)27-21-13-6-14-22-27;/h3-22H,2,23H2,1H3;1H/q+1;/p-1. The van der Waals surface area contributed by atoms with Crippen molar-refractivity contribution in [3.05, 3.63) is 127 Å². The van der Waals surface area contributed by atoms with E-state index in [1.165, 1.54) is 39.5 Å². The molecular formula is C30H27IN2. The van der Waals surface area contributed by atoms with Crippen LogP contribution in [-0.4, -0.2) is 4.57 Å². The zero-order chi connectivity index (χ0) is 21.8. The molecule has 5 aromatic rings. The quantitative estimate of drug-likeness (QED) is 0.228. The highest BCUT2D eigenvalue weighted by atomic mass is 127. The maximum absolute atomic E-state index is 2.49. The third-order valence-corrected chi connectivity index (χ3v) is 5.90. The number of aromatic nitrogens is 2. The summed E-state index contributed by atoms with van der Waals surface area (Å²) in [5.74, 6) is 1.23. The largest absolute Gasteiger partial charge is 1.00 e. The molecule has 1 heterocycles. The van der Waals surface area contributed by atoms with Gasteiger partial charge in [0.05, 0.1) is 12.1 Å². The average Bonchev–Trinajstić information content (AvgIpc) is 3.20. The summed E-state index contributed by atoms with van der Waals surface area (Å²) in [4.78, 5) is 0. The molecule has 0 aliphatic carbocycles. The van der Waals surface area contributed by atoms with Crippen LogP contribution >= 0.6 is 0 Å². The van der Waals surface area contributed by atoms with Crippen molar-refractivity contribution in [1.29, 1.82) is 0 Å².